The molecule has 0 aliphatic carbocycles. The van der Waals surface area contributed by atoms with Gasteiger partial charge in [-0.1, -0.05) is 25.1 Å². The van der Waals surface area contributed by atoms with Crippen molar-refractivity contribution in [3.8, 4) is 5.69 Å². The smallest absolute Gasteiger partial charge is 0.191 e. The van der Waals surface area contributed by atoms with Gasteiger partial charge in [0.05, 0.1) is 0 Å². The number of rotatable bonds is 3. The number of para-hydroxylation sites is 1. The van der Waals surface area contributed by atoms with Crippen LogP contribution in [0, 0.1) is 5.92 Å². The second kappa shape index (κ2) is 6.60. The molecule has 0 saturated carbocycles. The predicted octanol–water partition coefficient (Wildman–Crippen LogP) is 1.81. The highest BCUT2D eigenvalue weighted by atomic mass is 15.3. The number of likely N-dealkylation sites (tertiary alicyclic amines) is 1. The molecule has 1 fully saturated rings. The first kappa shape index (κ1) is 14.6. The van der Waals surface area contributed by atoms with E-state index < -0.39 is 0 Å². The number of piperidine rings is 1. The molecule has 22 heavy (non-hydrogen) atoms. The van der Waals surface area contributed by atoms with Crippen LogP contribution >= 0.6 is 0 Å². The van der Waals surface area contributed by atoms with Crippen molar-refractivity contribution in [3.63, 3.8) is 0 Å². The van der Waals surface area contributed by atoms with E-state index in [1.165, 1.54) is 12.8 Å². The Kier molecular flexibility index (Phi) is 4.37. The molecule has 0 atom stereocenters. The minimum Gasteiger partial charge on any atom is -0.370 e. The summed E-state index contributed by atoms with van der Waals surface area (Å²) in [5, 5.41) is 8.14. The maximum Gasteiger partial charge on any atom is 0.191 e. The zero-order chi connectivity index (χ0) is 15.4. The van der Waals surface area contributed by atoms with Crippen molar-refractivity contribution in [1.29, 1.82) is 0 Å². The molecule has 3 rings (SSSR count). The van der Waals surface area contributed by atoms with Crippen LogP contribution in [-0.4, -0.2) is 38.7 Å². The van der Waals surface area contributed by atoms with Gasteiger partial charge in [0.1, 0.15) is 12.9 Å². The first-order valence-corrected chi connectivity index (χ1v) is 7.73. The van der Waals surface area contributed by atoms with E-state index in [1.54, 1.807) is 6.33 Å². The van der Waals surface area contributed by atoms with Crippen LogP contribution in [0.4, 0.5) is 0 Å². The summed E-state index contributed by atoms with van der Waals surface area (Å²) in [7, 11) is 0. The summed E-state index contributed by atoms with van der Waals surface area (Å²) in [6, 6.07) is 10.0. The molecule has 6 heteroatoms. The maximum atomic E-state index is 6.12. The Hall–Kier alpha value is -2.37. The van der Waals surface area contributed by atoms with E-state index in [0.29, 0.717) is 12.5 Å². The summed E-state index contributed by atoms with van der Waals surface area (Å²) in [5.74, 6) is 2.18. The largest absolute Gasteiger partial charge is 0.370 e. The van der Waals surface area contributed by atoms with Gasteiger partial charge in [-0.25, -0.2) is 4.99 Å². The summed E-state index contributed by atoms with van der Waals surface area (Å²) in [5.41, 5.74) is 7.15. The van der Waals surface area contributed by atoms with Gasteiger partial charge < -0.3 is 10.6 Å². The van der Waals surface area contributed by atoms with Gasteiger partial charge in [-0.15, -0.1) is 10.2 Å². The molecular weight excluding hydrogens is 276 g/mol. The lowest BCUT2D eigenvalue weighted by atomic mass is 10.00. The molecular formula is C16H22N6. The molecule has 0 radical (unpaired) electrons. The van der Waals surface area contributed by atoms with E-state index in [9.17, 15) is 0 Å². The van der Waals surface area contributed by atoms with Gasteiger partial charge in [0.25, 0.3) is 0 Å². The second-order valence-electron chi connectivity index (χ2n) is 5.80. The summed E-state index contributed by atoms with van der Waals surface area (Å²) < 4.78 is 1.94. The van der Waals surface area contributed by atoms with Crippen molar-refractivity contribution < 1.29 is 0 Å². The van der Waals surface area contributed by atoms with Crippen LogP contribution in [0.3, 0.4) is 0 Å². The topological polar surface area (TPSA) is 72.3 Å². The number of aliphatic imine (C=N–C) groups is 1. The average molecular weight is 298 g/mol. The van der Waals surface area contributed by atoms with Crippen LogP contribution in [0.25, 0.3) is 5.69 Å². The number of guanidine groups is 1. The van der Waals surface area contributed by atoms with E-state index in [1.807, 2.05) is 34.9 Å². The Bertz CT molecular complexity index is 625. The van der Waals surface area contributed by atoms with Crippen molar-refractivity contribution in [3.05, 3.63) is 42.5 Å². The molecule has 1 aromatic carbocycles. The standard InChI is InChI=1S/C16H22N6/c1-13-7-9-21(10-8-13)16(17)18-11-15-20-19-12-22(15)14-5-3-2-4-6-14/h2-6,12-13H,7-11H2,1H3,(H2,17,18). The Balaban J connectivity index is 1.69. The maximum absolute atomic E-state index is 6.12. The van der Waals surface area contributed by atoms with Gasteiger partial charge in [0, 0.05) is 18.8 Å². The Labute approximate surface area is 130 Å². The summed E-state index contributed by atoms with van der Waals surface area (Å²) in [4.78, 5) is 6.65. The quantitative estimate of drug-likeness (QED) is 0.693. The zero-order valence-electron chi connectivity index (χ0n) is 12.9. The van der Waals surface area contributed by atoms with Gasteiger partial charge in [-0.05, 0) is 30.9 Å². The van der Waals surface area contributed by atoms with Gasteiger partial charge in [-0.3, -0.25) is 4.57 Å². The van der Waals surface area contributed by atoms with Crippen LogP contribution in [0.1, 0.15) is 25.6 Å². The molecule has 116 valence electrons. The Morgan fingerprint density at radius 1 is 1.27 bits per heavy atom. The highest BCUT2D eigenvalue weighted by Gasteiger charge is 2.17. The van der Waals surface area contributed by atoms with Crippen LogP contribution in [-0.2, 0) is 6.54 Å². The first-order chi connectivity index (χ1) is 10.7. The molecule has 1 saturated heterocycles. The third-order valence-corrected chi connectivity index (χ3v) is 4.14. The first-order valence-electron chi connectivity index (χ1n) is 7.73. The fraction of sp³-hybridized carbons (Fsp3) is 0.438. The van der Waals surface area contributed by atoms with Gasteiger partial charge in [0.15, 0.2) is 11.8 Å². The van der Waals surface area contributed by atoms with Crippen molar-refractivity contribution in [2.24, 2.45) is 16.6 Å². The molecule has 1 aliphatic rings. The van der Waals surface area contributed by atoms with Crippen molar-refractivity contribution >= 4 is 5.96 Å². The fourth-order valence-corrected chi connectivity index (χ4v) is 2.66. The van der Waals surface area contributed by atoms with Gasteiger partial charge in [0.2, 0.25) is 0 Å². The molecule has 1 aromatic heterocycles. The number of nitrogens with two attached hydrogens (primary N) is 1. The van der Waals surface area contributed by atoms with Crippen LogP contribution in [0.5, 0.6) is 0 Å². The van der Waals surface area contributed by atoms with Gasteiger partial charge >= 0.3 is 0 Å². The molecule has 1 aliphatic heterocycles. The number of aromatic nitrogens is 3. The Morgan fingerprint density at radius 2 is 2.00 bits per heavy atom. The molecule has 0 spiro atoms. The Morgan fingerprint density at radius 3 is 2.73 bits per heavy atom. The highest BCUT2D eigenvalue weighted by molar-refractivity contribution is 5.78. The summed E-state index contributed by atoms with van der Waals surface area (Å²) in [6.45, 7) is 4.70. The molecule has 2 heterocycles. The number of nitrogens with zero attached hydrogens (tertiary/aromatic N) is 5. The lowest BCUT2D eigenvalue weighted by Crippen LogP contribution is -2.42. The minimum atomic E-state index is 0.437. The summed E-state index contributed by atoms with van der Waals surface area (Å²) in [6.07, 6.45) is 4.06. The number of benzene rings is 1. The number of hydrogen-bond donors (Lipinski definition) is 1. The lowest BCUT2D eigenvalue weighted by Gasteiger charge is -2.30. The average Bonchev–Trinajstić information content (AvgIpc) is 3.02. The molecule has 0 bridgehead atoms. The van der Waals surface area contributed by atoms with E-state index >= 15 is 0 Å². The monoisotopic (exact) mass is 298 g/mol. The predicted molar refractivity (Wildman–Crippen MR) is 86.7 cm³/mol. The van der Waals surface area contributed by atoms with Crippen molar-refractivity contribution in [1.82, 2.24) is 19.7 Å². The van der Waals surface area contributed by atoms with E-state index in [2.05, 4.69) is 27.0 Å². The zero-order valence-corrected chi connectivity index (χ0v) is 12.9. The SMILES string of the molecule is CC1CCN(C(N)=NCc2nncn2-c2ccccc2)CC1. The summed E-state index contributed by atoms with van der Waals surface area (Å²) >= 11 is 0. The molecule has 2 N–H and O–H groups in total. The molecule has 2 aromatic rings. The van der Waals surface area contributed by atoms with E-state index in [-0.39, 0.29) is 0 Å². The molecule has 0 unspecified atom stereocenters. The van der Waals surface area contributed by atoms with E-state index in [0.717, 1.165) is 30.5 Å². The van der Waals surface area contributed by atoms with Crippen LogP contribution in [0.15, 0.2) is 41.7 Å². The molecule has 6 nitrogen and oxygen atoms in total. The molecule has 0 amide bonds. The fourth-order valence-electron chi connectivity index (χ4n) is 2.66. The van der Waals surface area contributed by atoms with Crippen LogP contribution in [0.2, 0.25) is 0 Å². The second-order valence-corrected chi connectivity index (χ2v) is 5.80. The lowest BCUT2D eigenvalue weighted by molar-refractivity contribution is 0.277. The third kappa shape index (κ3) is 3.27. The van der Waals surface area contributed by atoms with E-state index in [4.69, 9.17) is 5.73 Å². The van der Waals surface area contributed by atoms with Crippen molar-refractivity contribution in [2.45, 2.75) is 26.3 Å². The minimum absolute atomic E-state index is 0.437. The normalized spacial score (nSPS) is 17.0. The highest BCUT2D eigenvalue weighted by Crippen LogP contribution is 2.16. The third-order valence-electron chi connectivity index (χ3n) is 4.14. The van der Waals surface area contributed by atoms with Crippen molar-refractivity contribution in [2.75, 3.05) is 13.1 Å². The van der Waals surface area contributed by atoms with Gasteiger partial charge in [-0.2, -0.15) is 0 Å². The van der Waals surface area contributed by atoms with Crippen LogP contribution < -0.4 is 5.73 Å². The number of hydrogen-bond acceptors (Lipinski definition) is 3.